The molecule has 7 nitrogen and oxygen atoms in total. The number of imidazole rings is 2. The lowest BCUT2D eigenvalue weighted by Gasteiger charge is -2.34. The molecule has 0 fully saturated rings. The van der Waals surface area contributed by atoms with Crippen LogP contribution in [0.15, 0.2) is 72.3 Å². The summed E-state index contributed by atoms with van der Waals surface area (Å²) in [6, 6.07) is 18.7. The van der Waals surface area contributed by atoms with E-state index in [9.17, 15) is 0 Å². The van der Waals surface area contributed by atoms with Crippen molar-refractivity contribution in [3.8, 4) is 0 Å². The fourth-order valence-electron chi connectivity index (χ4n) is 3.91. The van der Waals surface area contributed by atoms with Gasteiger partial charge in [-0.15, -0.1) is 0 Å². The topological polar surface area (TPSA) is 75.5 Å². The van der Waals surface area contributed by atoms with Crippen LogP contribution in [-0.2, 0) is 6.67 Å². The maximum atomic E-state index is 4.79. The monoisotopic (exact) mass is 399 g/mol. The maximum Gasteiger partial charge on any atom is 0.180 e. The Morgan fingerprint density at radius 1 is 1.00 bits per heavy atom. The highest BCUT2D eigenvalue weighted by atomic mass is 32.2. The van der Waals surface area contributed by atoms with Gasteiger partial charge in [0.15, 0.2) is 10.8 Å². The van der Waals surface area contributed by atoms with Crippen molar-refractivity contribution in [3.05, 3.63) is 78.5 Å². The highest BCUT2D eigenvalue weighted by Gasteiger charge is 2.30. The van der Waals surface area contributed by atoms with E-state index >= 15 is 0 Å². The summed E-state index contributed by atoms with van der Waals surface area (Å²) in [7, 11) is 0. The normalized spacial score (nSPS) is 15.6. The Kier molecular flexibility index (Phi) is 3.85. The SMILES string of the molecule is c1ccc(C(c2nc3ncncc3[nH]2)N2CSc3nc4ccccc4n3C2)cc1. The van der Waals surface area contributed by atoms with E-state index in [-0.39, 0.29) is 6.04 Å². The number of H-pyrrole nitrogens is 1. The van der Waals surface area contributed by atoms with Crippen LogP contribution in [0.2, 0.25) is 0 Å². The summed E-state index contributed by atoms with van der Waals surface area (Å²) in [6.45, 7) is 0.741. The van der Waals surface area contributed by atoms with Gasteiger partial charge in [0.1, 0.15) is 17.7 Å². The first-order chi connectivity index (χ1) is 14.4. The molecule has 1 N–H and O–H groups in total. The van der Waals surface area contributed by atoms with E-state index in [1.165, 1.54) is 11.9 Å². The van der Waals surface area contributed by atoms with Crippen molar-refractivity contribution in [2.75, 3.05) is 5.88 Å². The van der Waals surface area contributed by atoms with Crippen LogP contribution in [0.5, 0.6) is 0 Å². The molecule has 0 saturated heterocycles. The van der Waals surface area contributed by atoms with Crippen molar-refractivity contribution < 1.29 is 0 Å². The third-order valence-corrected chi connectivity index (χ3v) is 6.25. The second-order valence-corrected chi connectivity index (χ2v) is 7.92. The molecule has 0 spiro atoms. The van der Waals surface area contributed by atoms with Crippen LogP contribution in [0.1, 0.15) is 17.4 Å². The number of hydrogen-bond acceptors (Lipinski definition) is 6. The smallest absolute Gasteiger partial charge is 0.180 e. The van der Waals surface area contributed by atoms with Crippen molar-refractivity contribution >= 4 is 34.0 Å². The van der Waals surface area contributed by atoms with Gasteiger partial charge in [0.05, 0.1) is 35.8 Å². The number of rotatable bonds is 3. The number of hydrogen-bond donors (Lipinski definition) is 1. The number of thioether (sulfide) groups is 1. The predicted octanol–water partition coefficient (Wildman–Crippen LogP) is 3.81. The summed E-state index contributed by atoms with van der Waals surface area (Å²) in [5.41, 5.74) is 4.92. The molecule has 142 valence electrons. The quantitative estimate of drug-likeness (QED) is 0.497. The van der Waals surface area contributed by atoms with Crippen molar-refractivity contribution in [2.24, 2.45) is 0 Å². The van der Waals surface area contributed by atoms with Gasteiger partial charge in [-0.3, -0.25) is 4.90 Å². The molecule has 1 aliphatic rings. The second-order valence-electron chi connectivity index (χ2n) is 7.01. The maximum absolute atomic E-state index is 4.79. The van der Waals surface area contributed by atoms with Gasteiger partial charge in [-0.2, -0.15) is 0 Å². The van der Waals surface area contributed by atoms with Crippen LogP contribution in [0.3, 0.4) is 0 Å². The van der Waals surface area contributed by atoms with E-state index < -0.39 is 0 Å². The van der Waals surface area contributed by atoms with Crippen molar-refractivity contribution in [1.29, 1.82) is 0 Å². The van der Waals surface area contributed by atoms with Gasteiger partial charge in [0, 0.05) is 0 Å². The molecule has 0 aliphatic carbocycles. The third-order valence-electron chi connectivity index (χ3n) is 5.22. The highest BCUT2D eigenvalue weighted by molar-refractivity contribution is 7.99. The zero-order valence-corrected chi connectivity index (χ0v) is 16.3. The molecule has 2 aromatic carbocycles. The van der Waals surface area contributed by atoms with E-state index in [0.717, 1.165) is 40.1 Å². The Balaban J connectivity index is 1.46. The first-order valence-corrected chi connectivity index (χ1v) is 10.4. The molecule has 0 amide bonds. The molecular formula is C21H17N7S. The van der Waals surface area contributed by atoms with Gasteiger partial charge in [0.25, 0.3) is 0 Å². The summed E-state index contributed by atoms with van der Waals surface area (Å²) in [5.74, 6) is 1.70. The van der Waals surface area contributed by atoms with E-state index in [2.05, 4.69) is 66.9 Å². The molecule has 29 heavy (non-hydrogen) atoms. The Hall–Kier alpha value is -3.23. The Bertz CT molecular complexity index is 1280. The molecule has 4 heterocycles. The fraction of sp³-hybridized carbons (Fsp3) is 0.143. The Morgan fingerprint density at radius 2 is 1.86 bits per heavy atom. The van der Waals surface area contributed by atoms with E-state index in [0.29, 0.717) is 5.65 Å². The minimum Gasteiger partial charge on any atom is -0.338 e. The lowest BCUT2D eigenvalue weighted by atomic mass is 10.1. The molecule has 0 radical (unpaired) electrons. The number of nitrogens with one attached hydrogen (secondary N) is 1. The Labute approximate surface area is 170 Å². The summed E-state index contributed by atoms with van der Waals surface area (Å²) in [4.78, 5) is 23.8. The summed E-state index contributed by atoms with van der Waals surface area (Å²) in [5, 5.41) is 1.06. The zero-order chi connectivity index (χ0) is 19.2. The first-order valence-electron chi connectivity index (χ1n) is 9.39. The van der Waals surface area contributed by atoms with Gasteiger partial charge in [-0.05, 0) is 17.7 Å². The van der Waals surface area contributed by atoms with E-state index in [1.54, 1.807) is 18.0 Å². The lowest BCUT2D eigenvalue weighted by molar-refractivity contribution is 0.192. The molecule has 1 atom stereocenters. The van der Waals surface area contributed by atoms with Gasteiger partial charge in [-0.25, -0.2) is 19.9 Å². The highest BCUT2D eigenvalue weighted by Crippen LogP contribution is 2.36. The minimum atomic E-state index is -0.0211. The van der Waals surface area contributed by atoms with Gasteiger partial charge >= 0.3 is 0 Å². The molecule has 0 saturated carbocycles. The van der Waals surface area contributed by atoms with Crippen LogP contribution < -0.4 is 0 Å². The van der Waals surface area contributed by atoms with Crippen LogP contribution in [-0.4, -0.2) is 40.3 Å². The predicted molar refractivity (Wildman–Crippen MR) is 112 cm³/mol. The molecule has 0 bridgehead atoms. The number of benzene rings is 2. The lowest BCUT2D eigenvalue weighted by Crippen LogP contribution is -2.35. The van der Waals surface area contributed by atoms with Gasteiger partial charge in [0.2, 0.25) is 0 Å². The first kappa shape index (κ1) is 16.7. The van der Waals surface area contributed by atoms with Crippen molar-refractivity contribution in [2.45, 2.75) is 17.9 Å². The van der Waals surface area contributed by atoms with E-state index in [4.69, 9.17) is 9.97 Å². The average Bonchev–Trinajstić information content (AvgIpc) is 3.36. The molecule has 6 rings (SSSR count). The number of fused-ring (bicyclic) bond motifs is 4. The van der Waals surface area contributed by atoms with Crippen molar-refractivity contribution in [3.63, 3.8) is 0 Å². The zero-order valence-electron chi connectivity index (χ0n) is 15.4. The largest absolute Gasteiger partial charge is 0.338 e. The van der Waals surface area contributed by atoms with E-state index in [1.807, 2.05) is 12.1 Å². The number of nitrogens with zero attached hydrogens (tertiary/aromatic N) is 6. The minimum absolute atomic E-state index is 0.0211. The summed E-state index contributed by atoms with van der Waals surface area (Å²) < 4.78 is 2.28. The van der Waals surface area contributed by atoms with Crippen LogP contribution in [0.25, 0.3) is 22.2 Å². The Morgan fingerprint density at radius 3 is 2.76 bits per heavy atom. The molecule has 5 aromatic rings. The number of aromatic amines is 1. The van der Waals surface area contributed by atoms with Crippen LogP contribution in [0.4, 0.5) is 0 Å². The van der Waals surface area contributed by atoms with Gasteiger partial charge in [-0.1, -0.05) is 54.2 Å². The third kappa shape index (κ3) is 2.80. The van der Waals surface area contributed by atoms with Crippen LogP contribution >= 0.6 is 11.8 Å². The summed E-state index contributed by atoms with van der Waals surface area (Å²) in [6.07, 6.45) is 3.30. The molecule has 1 unspecified atom stereocenters. The summed E-state index contributed by atoms with van der Waals surface area (Å²) >= 11 is 1.76. The number of aromatic nitrogens is 6. The second kappa shape index (κ2) is 6.68. The fourth-order valence-corrected chi connectivity index (χ4v) is 4.89. The van der Waals surface area contributed by atoms with Crippen molar-refractivity contribution in [1.82, 2.24) is 34.4 Å². The number of para-hydroxylation sites is 2. The van der Waals surface area contributed by atoms with Gasteiger partial charge < -0.3 is 9.55 Å². The molecule has 3 aromatic heterocycles. The molecular weight excluding hydrogens is 382 g/mol. The van der Waals surface area contributed by atoms with Crippen LogP contribution in [0, 0.1) is 0 Å². The molecule has 8 heteroatoms. The standard InChI is InChI=1S/C21H17N7S/c1-2-6-14(7-3-1)18(20-24-16-10-22-11-23-19(16)26-20)27-12-28-17-9-5-4-8-15(17)25-21(28)29-13-27/h1-11,18H,12-13H2,(H,22,23,24,26). The average molecular weight is 399 g/mol. The molecule has 1 aliphatic heterocycles.